The van der Waals surface area contributed by atoms with Crippen LogP contribution in [0, 0.1) is 11.3 Å². The molecule has 0 radical (unpaired) electrons. The van der Waals surface area contributed by atoms with Gasteiger partial charge in [-0.15, -0.1) is 0 Å². The molecular weight excluding hydrogens is 1690 g/mol. The first kappa shape index (κ1) is 83.8. The molecule has 24 heteroatoms. The van der Waals surface area contributed by atoms with Gasteiger partial charge in [0.05, 0.1) is 59.1 Å². The number of aromatic amines is 1. The minimum atomic E-state index is -4.00. The molecule has 0 fully saturated rings. The van der Waals surface area contributed by atoms with Gasteiger partial charge in [0, 0.05) is 122 Å². The Morgan fingerprint density at radius 1 is 0.298 bits per heavy atom. The second kappa shape index (κ2) is 35.6. The van der Waals surface area contributed by atoms with Crippen LogP contribution >= 0.6 is 0 Å². The number of pyridine rings is 3. The van der Waals surface area contributed by atoms with Crippen LogP contribution < -0.4 is 9.47 Å². The fourth-order valence-corrected chi connectivity index (χ4v) is 21.0. The predicted molar refractivity (Wildman–Crippen MR) is 510 cm³/mol. The summed E-state index contributed by atoms with van der Waals surface area (Å²) in [6, 6.07) is 117. The van der Waals surface area contributed by atoms with E-state index in [4.69, 9.17) is 29.6 Å². The highest BCUT2D eigenvalue weighted by atomic mass is 32.2. The molecule has 0 saturated heterocycles. The predicted octanol–water partition coefficient (Wildman–Crippen LogP) is 21.5. The molecule has 0 aliphatic rings. The molecule has 0 aliphatic heterocycles. The zero-order valence-corrected chi connectivity index (χ0v) is 72.9. The monoisotopic (exact) mass is 1770 g/mol. The summed E-state index contributed by atoms with van der Waals surface area (Å²) in [6.07, 6.45) is 20.9. The van der Waals surface area contributed by atoms with Gasteiger partial charge in [0.2, 0.25) is 0 Å². The Bertz CT molecular complexity index is 7860. The van der Waals surface area contributed by atoms with E-state index in [9.17, 15) is 30.5 Å². The number of hydrogen-bond donors (Lipinski definition) is 1. The highest BCUT2D eigenvalue weighted by Gasteiger charge is 2.42. The molecule has 21 rings (SSSR count). The van der Waals surface area contributed by atoms with Crippen LogP contribution in [0.1, 0.15) is 38.9 Å². The molecule has 0 spiro atoms. The molecule has 9 aromatic heterocycles. The third-order valence-corrected chi connectivity index (χ3v) is 28.4. The summed E-state index contributed by atoms with van der Waals surface area (Å²) in [4.78, 5) is 14.6. The number of methoxy groups -OCH3 is 2. The smallest absolute Gasteiger partial charge is 0.269 e. The fraction of sp³-hybridized carbons (Fsp3) is 0.0374. The van der Waals surface area contributed by atoms with E-state index < -0.39 is 41.1 Å². The SMILES string of the molecule is COc1ccc(-c2cnc3c(c2)c(-c2cn[nH]c2)cn3S(=O)(=O)c2ccccc2)cc1.COc1ccc(-c2cnc3c(c2)c(-c2cnn(C(c4ccccc4)(c4ccccc4)c4ccccc4)c2)cn3S(=O)(=O)c2ccccc2)cc1.N#Cc1ccc(-c2cnc3c(c2)c(-c2cnn(C(c4ccccc4)(c4ccccc4)c4ccccc4)c2)cn3S(=O)(=O)c2ccccc2)cc1. The van der Waals surface area contributed by atoms with E-state index in [1.807, 2.05) is 210 Å². The second-order valence-corrected chi connectivity index (χ2v) is 36.3. The maximum Gasteiger partial charge on any atom is 0.269 e. The van der Waals surface area contributed by atoms with Crippen molar-refractivity contribution in [2.24, 2.45) is 0 Å². The number of rotatable bonds is 22. The highest BCUT2D eigenvalue weighted by molar-refractivity contribution is 7.90. The van der Waals surface area contributed by atoms with Gasteiger partial charge in [0.15, 0.2) is 16.9 Å². The zero-order chi connectivity index (χ0) is 89.7. The summed E-state index contributed by atoms with van der Waals surface area (Å²) in [5.41, 5.74) is 15.6. The number of H-pyrrole nitrogens is 1. The summed E-state index contributed by atoms with van der Waals surface area (Å²) < 4.78 is 101. The van der Waals surface area contributed by atoms with Crippen molar-refractivity contribution in [1.82, 2.24) is 56.6 Å². The molecule has 12 aromatic carbocycles. The molecule has 0 amide bonds. The van der Waals surface area contributed by atoms with Gasteiger partial charge in [0.25, 0.3) is 30.1 Å². The van der Waals surface area contributed by atoms with E-state index in [2.05, 4.69) is 94.0 Å². The second-order valence-electron chi connectivity index (χ2n) is 30.9. The Kier molecular flexibility index (Phi) is 22.8. The zero-order valence-electron chi connectivity index (χ0n) is 70.4. The van der Waals surface area contributed by atoms with Crippen LogP contribution in [0.25, 0.3) is 99.9 Å². The van der Waals surface area contributed by atoms with Crippen LogP contribution in [-0.2, 0) is 41.1 Å². The molecule has 21 nitrogen and oxygen atoms in total. The van der Waals surface area contributed by atoms with Gasteiger partial charge in [-0.05, 0) is 141 Å². The van der Waals surface area contributed by atoms with E-state index in [1.165, 1.54) is 11.9 Å². The van der Waals surface area contributed by atoms with E-state index >= 15 is 0 Å². The molecular formula is C107H79N13O8S3. The van der Waals surface area contributed by atoms with Crippen LogP contribution in [0.3, 0.4) is 0 Å². The van der Waals surface area contributed by atoms with Crippen molar-refractivity contribution in [3.8, 4) is 84.3 Å². The van der Waals surface area contributed by atoms with E-state index in [1.54, 1.807) is 179 Å². The third kappa shape index (κ3) is 15.7. The summed E-state index contributed by atoms with van der Waals surface area (Å²) in [7, 11) is -8.54. The summed E-state index contributed by atoms with van der Waals surface area (Å²) in [5.74, 6) is 1.51. The number of ether oxygens (including phenoxy) is 2. The van der Waals surface area contributed by atoms with Gasteiger partial charge in [-0.3, -0.25) is 14.5 Å². The van der Waals surface area contributed by atoms with E-state index in [0.29, 0.717) is 49.8 Å². The Morgan fingerprint density at radius 3 is 0.824 bits per heavy atom. The number of nitrogens with one attached hydrogen (secondary N) is 1. The van der Waals surface area contributed by atoms with Gasteiger partial charge in [-0.1, -0.05) is 273 Å². The molecule has 0 unspecified atom stereocenters. The molecule has 131 heavy (non-hydrogen) atoms. The van der Waals surface area contributed by atoms with Crippen molar-refractivity contribution < 1.29 is 34.7 Å². The molecule has 1 N–H and O–H groups in total. The molecule has 0 aliphatic carbocycles. The largest absolute Gasteiger partial charge is 0.497 e. The van der Waals surface area contributed by atoms with Gasteiger partial charge in [-0.2, -0.15) is 20.6 Å². The van der Waals surface area contributed by atoms with Crippen molar-refractivity contribution in [1.29, 1.82) is 5.26 Å². The van der Waals surface area contributed by atoms with Crippen molar-refractivity contribution >= 4 is 63.2 Å². The maximum atomic E-state index is 14.1. The first-order valence-electron chi connectivity index (χ1n) is 41.8. The van der Waals surface area contributed by atoms with Crippen molar-refractivity contribution in [2.75, 3.05) is 14.2 Å². The van der Waals surface area contributed by atoms with Gasteiger partial charge in [-0.25, -0.2) is 52.1 Å². The molecule has 9 heterocycles. The minimum absolute atomic E-state index is 0.161. The Morgan fingerprint density at radius 2 is 0.565 bits per heavy atom. The van der Waals surface area contributed by atoms with Gasteiger partial charge >= 0.3 is 0 Å². The summed E-state index contributed by atoms with van der Waals surface area (Å²) in [6.45, 7) is 0. The Hall–Kier alpha value is -16.7. The van der Waals surface area contributed by atoms with Crippen LogP contribution in [0.15, 0.2) is 453 Å². The van der Waals surface area contributed by atoms with Crippen molar-refractivity contribution in [3.05, 3.63) is 477 Å². The van der Waals surface area contributed by atoms with Crippen LogP contribution in [0.2, 0.25) is 0 Å². The fourth-order valence-electron chi connectivity index (χ4n) is 16.9. The number of nitrogens with zero attached hydrogens (tertiary/aromatic N) is 12. The molecule has 638 valence electrons. The van der Waals surface area contributed by atoms with Crippen molar-refractivity contribution in [2.45, 2.75) is 25.8 Å². The normalized spacial score (nSPS) is 11.8. The maximum absolute atomic E-state index is 14.1. The van der Waals surface area contributed by atoms with Gasteiger partial charge in [0.1, 0.15) is 22.6 Å². The quantitative estimate of drug-likeness (QED) is 0.0618. The number of nitriles is 1. The standard InChI is InChI=1S/C42H29N5O2S.C42H32N4O3S.C23H18N4O3S/c43-26-31-21-23-32(24-22-31)33-25-39-40(30-46(41(39)44-27-33)50(48,49)38-19-11-4-12-20-38)34-28-45-47(29-34)42(35-13-5-1-6-14-35,36-15-7-2-8-16-36)37-17-9-3-10-18-37;1-49-37-24-22-31(23-25-37)32-26-39-40(30-45(41(39)43-27-32)50(47,48)38-20-12-5-13-21-38)33-28-44-46(29-33)42(34-14-6-2-7-15-34,35-16-8-3-9-17-35)36-18-10-4-11-19-36;1-30-19-9-7-16(8-10-19)17-11-21-22(18-13-25-26-14-18)15-27(23(21)24-12-17)31(28,29)20-5-3-2-4-6-20/h1-25,27-30H;2-30H,1H3;2-15H,1H3,(H,25,26). The molecule has 0 saturated carbocycles. The lowest BCUT2D eigenvalue weighted by molar-refractivity contribution is 0.415. The van der Waals surface area contributed by atoms with Crippen LogP contribution in [0.5, 0.6) is 11.5 Å². The first-order valence-corrected chi connectivity index (χ1v) is 46.1. The molecule has 0 bridgehead atoms. The Labute approximate surface area is 756 Å². The van der Waals surface area contributed by atoms with Gasteiger partial charge < -0.3 is 9.47 Å². The van der Waals surface area contributed by atoms with E-state index in [0.717, 1.165) is 101 Å². The topological polar surface area (TPSA) is 262 Å². The average Bonchev–Trinajstić information content (AvgIpc) is 1.65. The lowest BCUT2D eigenvalue weighted by Gasteiger charge is -2.36. The van der Waals surface area contributed by atoms with Crippen molar-refractivity contribution in [3.63, 3.8) is 0 Å². The number of hydrogen-bond acceptors (Lipinski definition) is 15. The lowest BCUT2D eigenvalue weighted by atomic mass is 9.77. The molecule has 21 aromatic rings. The molecule has 0 atom stereocenters. The number of benzene rings is 12. The minimum Gasteiger partial charge on any atom is -0.497 e. The average molecular weight is 1770 g/mol. The van der Waals surface area contributed by atoms with Crippen LogP contribution in [0.4, 0.5) is 0 Å². The highest BCUT2D eigenvalue weighted by Crippen LogP contribution is 2.46. The third-order valence-electron chi connectivity index (χ3n) is 23.4. The van der Waals surface area contributed by atoms with Crippen LogP contribution in [-0.4, -0.2) is 96.1 Å². The number of fused-ring (bicyclic) bond motifs is 3. The lowest BCUT2D eigenvalue weighted by Crippen LogP contribution is -2.38. The summed E-state index contributed by atoms with van der Waals surface area (Å²) in [5, 5.41) is 28.3. The first-order chi connectivity index (χ1) is 64.1. The van der Waals surface area contributed by atoms with E-state index in [-0.39, 0.29) is 14.7 Å². The number of aromatic nitrogens is 12. The summed E-state index contributed by atoms with van der Waals surface area (Å²) >= 11 is 0. The Balaban J connectivity index is 0.000000131.